The van der Waals surface area contributed by atoms with Crippen LogP contribution in [-0.2, 0) is 11.3 Å². The summed E-state index contributed by atoms with van der Waals surface area (Å²) in [4.78, 5) is 16.2. The Labute approximate surface area is 178 Å². The molecule has 0 bridgehead atoms. The molecule has 3 aromatic rings. The molecule has 2 heterocycles. The number of hydrogen-bond donors (Lipinski definition) is 1. The molecule has 0 spiro atoms. The van der Waals surface area contributed by atoms with E-state index in [4.69, 9.17) is 33.0 Å². The largest absolute Gasteiger partial charge is 0.482 e. The van der Waals surface area contributed by atoms with E-state index in [0.717, 1.165) is 11.3 Å². The maximum atomic E-state index is 12.1. The average Bonchev–Trinajstić information content (AvgIpc) is 3.48. The zero-order valence-corrected chi connectivity index (χ0v) is 17.2. The molecule has 4 rings (SSSR count). The van der Waals surface area contributed by atoms with Gasteiger partial charge < -0.3 is 10.1 Å². The number of carbonyl (C=O) groups excluding carboxylic acids is 1. The minimum atomic E-state index is -0.217. The lowest BCUT2D eigenvalue weighted by Crippen LogP contribution is -2.32. The summed E-state index contributed by atoms with van der Waals surface area (Å²) in [6.07, 6.45) is 5.89. The molecule has 29 heavy (non-hydrogen) atoms. The second-order valence-corrected chi connectivity index (χ2v) is 7.74. The SMILES string of the molecule is O=C(COc1ccc(Cl)cc1Cl)NCCn1nc(-c2ccncc2)cc1C1CC1. The highest BCUT2D eigenvalue weighted by atomic mass is 35.5. The molecule has 2 aromatic heterocycles. The summed E-state index contributed by atoms with van der Waals surface area (Å²) in [5.41, 5.74) is 3.19. The van der Waals surface area contributed by atoms with Crippen molar-refractivity contribution in [2.24, 2.45) is 0 Å². The monoisotopic (exact) mass is 430 g/mol. The Bertz CT molecular complexity index is 1000. The standard InChI is InChI=1S/C21H20Cl2N4O2/c22-16-3-4-20(17(23)11-16)29-13-21(28)25-9-10-27-19(15-1-2-15)12-18(26-27)14-5-7-24-8-6-14/h3-8,11-12,15H,1-2,9-10,13H2,(H,25,28). The Morgan fingerprint density at radius 1 is 1.17 bits per heavy atom. The van der Waals surface area contributed by atoms with Gasteiger partial charge in [0.15, 0.2) is 6.61 Å². The molecule has 0 aliphatic heterocycles. The van der Waals surface area contributed by atoms with Gasteiger partial charge in [-0.25, -0.2) is 0 Å². The molecule has 1 fully saturated rings. The van der Waals surface area contributed by atoms with E-state index in [0.29, 0.717) is 34.8 Å². The summed E-state index contributed by atoms with van der Waals surface area (Å²) in [7, 11) is 0. The Morgan fingerprint density at radius 2 is 1.97 bits per heavy atom. The first-order chi connectivity index (χ1) is 14.1. The van der Waals surface area contributed by atoms with Gasteiger partial charge in [0.2, 0.25) is 0 Å². The molecule has 1 amide bonds. The van der Waals surface area contributed by atoms with Crippen LogP contribution < -0.4 is 10.1 Å². The van der Waals surface area contributed by atoms with Gasteiger partial charge in [0.25, 0.3) is 5.91 Å². The zero-order valence-electron chi connectivity index (χ0n) is 15.6. The van der Waals surface area contributed by atoms with Crippen LogP contribution in [-0.4, -0.2) is 33.8 Å². The lowest BCUT2D eigenvalue weighted by molar-refractivity contribution is -0.123. The first-order valence-electron chi connectivity index (χ1n) is 9.43. The van der Waals surface area contributed by atoms with Crippen molar-refractivity contribution in [3.8, 4) is 17.0 Å². The fraction of sp³-hybridized carbons (Fsp3) is 0.286. The third-order valence-electron chi connectivity index (χ3n) is 4.68. The van der Waals surface area contributed by atoms with Gasteiger partial charge in [0, 0.05) is 41.1 Å². The van der Waals surface area contributed by atoms with Crippen molar-refractivity contribution in [1.82, 2.24) is 20.1 Å². The van der Waals surface area contributed by atoms with Crippen LogP contribution in [0.15, 0.2) is 48.8 Å². The number of nitrogens with zero attached hydrogens (tertiary/aromatic N) is 3. The smallest absolute Gasteiger partial charge is 0.258 e. The van der Waals surface area contributed by atoms with Crippen molar-refractivity contribution in [3.05, 3.63) is 64.5 Å². The molecule has 1 saturated carbocycles. The Kier molecular flexibility index (Phi) is 6.02. The van der Waals surface area contributed by atoms with Crippen LogP contribution in [0.25, 0.3) is 11.3 Å². The van der Waals surface area contributed by atoms with Crippen molar-refractivity contribution in [2.45, 2.75) is 25.3 Å². The van der Waals surface area contributed by atoms with Crippen LogP contribution in [0.2, 0.25) is 10.0 Å². The molecular formula is C21H20Cl2N4O2. The number of hydrogen-bond acceptors (Lipinski definition) is 4. The van der Waals surface area contributed by atoms with Crippen LogP contribution in [0.1, 0.15) is 24.5 Å². The number of aromatic nitrogens is 3. The fourth-order valence-corrected chi connectivity index (χ4v) is 3.53. The first kappa shape index (κ1) is 19.7. The molecule has 8 heteroatoms. The van der Waals surface area contributed by atoms with Crippen LogP contribution in [0, 0.1) is 0 Å². The van der Waals surface area contributed by atoms with Gasteiger partial charge in [-0.05, 0) is 49.2 Å². The van der Waals surface area contributed by atoms with Gasteiger partial charge in [0.1, 0.15) is 5.75 Å². The van der Waals surface area contributed by atoms with E-state index in [2.05, 4.69) is 16.4 Å². The Balaban J connectivity index is 1.32. The Morgan fingerprint density at radius 3 is 2.69 bits per heavy atom. The van der Waals surface area contributed by atoms with Crippen molar-refractivity contribution < 1.29 is 9.53 Å². The topological polar surface area (TPSA) is 69.0 Å². The number of amides is 1. The minimum absolute atomic E-state index is 0.113. The second-order valence-electron chi connectivity index (χ2n) is 6.90. The molecule has 0 atom stereocenters. The maximum absolute atomic E-state index is 12.1. The van der Waals surface area contributed by atoms with Gasteiger partial charge in [-0.2, -0.15) is 5.10 Å². The van der Waals surface area contributed by atoms with E-state index in [1.165, 1.54) is 18.5 Å². The highest BCUT2D eigenvalue weighted by molar-refractivity contribution is 6.35. The van der Waals surface area contributed by atoms with E-state index >= 15 is 0 Å². The van der Waals surface area contributed by atoms with Crippen LogP contribution in [0.4, 0.5) is 0 Å². The molecule has 1 N–H and O–H groups in total. The zero-order chi connectivity index (χ0) is 20.2. The quantitative estimate of drug-likeness (QED) is 0.577. The van der Waals surface area contributed by atoms with Gasteiger partial charge in [-0.15, -0.1) is 0 Å². The molecule has 0 unspecified atom stereocenters. The van der Waals surface area contributed by atoms with Gasteiger partial charge >= 0.3 is 0 Å². The van der Waals surface area contributed by atoms with E-state index in [1.54, 1.807) is 30.6 Å². The van der Waals surface area contributed by atoms with E-state index in [1.807, 2.05) is 16.8 Å². The lowest BCUT2D eigenvalue weighted by Gasteiger charge is -2.10. The molecule has 1 aliphatic carbocycles. The third-order valence-corrected chi connectivity index (χ3v) is 5.21. The summed E-state index contributed by atoms with van der Waals surface area (Å²) < 4.78 is 7.45. The van der Waals surface area contributed by atoms with Crippen molar-refractivity contribution >= 4 is 29.1 Å². The highest BCUT2D eigenvalue weighted by Gasteiger charge is 2.28. The predicted octanol–water partition coefficient (Wildman–Crippen LogP) is 4.32. The normalized spacial score (nSPS) is 13.3. The van der Waals surface area contributed by atoms with E-state index in [9.17, 15) is 4.79 Å². The number of halogens is 2. The molecule has 1 aromatic carbocycles. The molecule has 150 valence electrons. The van der Waals surface area contributed by atoms with E-state index in [-0.39, 0.29) is 12.5 Å². The average molecular weight is 431 g/mol. The number of benzene rings is 1. The molecule has 6 nitrogen and oxygen atoms in total. The summed E-state index contributed by atoms with van der Waals surface area (Å²) in [6, 6.07) is 10.9. The Hall–Kier alpha value is -2.57. The number of carbonyl (C=O) groups is 1. The van der Waals surface area contributed by atoms with E-state index < -0.39 is 0 Å². The first-order valence-corrected chi connectivity index (χ1v) is 10.2. The molecule has 0 radical (unpaired) electrons. The second kappa shape index (κ2) is 8.84. The van der Waals surface area contributed by atoms with Gasteiger partial charge in [-0.3, -0.25) is 14.5 Å². The van der Waals surface area contributed by atoms with Gasteiger partial charge in [-0.1, -0.05) is 23.2 Å². The van der Waals surface area contributed by atoms with Crippen LogP contribution in [0.3, 0.4) is 0 Å². The summed E-state index contributed by atoms with van der Waals surface area (Å²) in [5, 5.41) is 8.48. The third kappa shape index (κ3) is 5.08. The predicted molar refractivity (Wildman–Crippen MR) is 112 cm³/mol. The maximum Gasteiger partial charge on any atom is 0.258 e. The molecule has 1 aliphatic rings. The van der Waals surface area contributed by atoms with Crippen molar-refractivity contribution in [1.29, 1.82) is 0 Å². The number of nitrogens with one attached hydrogen (secondary N) is 1. The number of rotatable bonds is 8. The van der Waals surface area contributed by atoms with Crippen molar-refractivity contribution in [2.75, 3.05) is 13.2 Å². The number of pyridine rings is 1. The summed E-state index contributed by atoms with van der Waals surface area (Å²) in [6.45, 7) is 0.955. The van der Waals surface area contributed by atoms with Crippen LogP contribution >= 0.6 is 23.2 Å². The lowest BCUT2D eigenvalue weighted by atomic mass is 10.2. The summed E-state index contributed by atoms with van der Waals surface area (Å²) >= 11 is 11.9. The van der Waals surface area contributed by atoms with Crippen molar-refractivity contribution in [3.63, 3.8) is 0 Å². The van der Waals surface area contributed by atoms with Gasteiger partial charge in [0.05, 0.1) is 17.3 Å². The summed E-state index contributed by atoms with van der Waals surface area (Å²) in [5.74, 6) is 0.769. The number of ether oxygens (including phenoxy) is 1. The molecular weight excluding hydrogens is 411 g/mol. The minimum Gasteiger partial charge on any atom is -0.482 e. The highest BCUT2D eigenvalue weighted by Crippen LogP contribution is 2.41. The van der Waals surface area contributed by atoms with Crippen LogP contribution in [0.5, 0.6) is 5.75 Å². The molecule has 0 saturated heterocycles. The fourth-order valence-electron chi connectivity index (χ4n) is 3.07.